The second-order valence-electron chi connectivity index (χ2n) is 3.58. The Bertz CT molecular complexity index is 338. The van der Waals surface area contributed by atoms with Gasteiger partial charge < -0.3 is 10.8 Å². The third-order valence-corrected chi connectivity index (χ3v) is 2.84. The van der Waals surface area contributed by atoms with Gasteiger partial charge in [-0.1, -0.05) is 11.6 Å². The molecule has 0 amide bonds. The van der Waals surface area contributed by atoms with Crippen LogP contribution in [0.5, 0.6) is 5.75 Å². The van der Waals surface area contributed by atoms with Gasteiger partial charge in [0.2, 0.25) is 0 Å². The molecule has 3 N–H and O–H groups in total. The van der Waals surface area contributed by atoms with Gasteiger partial charge in [0.25, 0.3) is 0 Å². The van der Waals surface area contributed by atoms with Crippen LogP contribution >= 0.6 is 11.6 Å². The average Bonchev–Trinajstić information content (AvgIpc) is 2.08. The zero-order valence-electron chi connectivity index (χ0n) is 7.26. The maximum Gasteiger partial charge on any atom is 0.134 e. The van der Waals surface area contributed by atoms with Crippen LogP contribution in [0.15, 0.2) is 12.1 Å². The van der Waals surface area contributed by atoms with Crippen LogP contribution in [-0.4, -0.2) is 11.1 Å². The number of rotatable bonds is 0. The van der Waals surface area contributed by atoms with E-state index < -0.39 is 0 Å². The van der Waals surface area contributed by atoms with Crippen LogP contribution in [0, 0.1) is 0 Å². The Kier molecular flexibility index (Phi) is 2.18. The van der Waals surface area contributed by atoms with Crippen molar-refractivity contribution in [2.75, 3.05) is 0 Å². The number of halogens is 1. The number of hydrogen-bond acceptors (Lipinski definition) is 2. The van der Waals surface area contributed by atoms with Gasteiger partial charge in [0, 0.05) is 6.04 Å². The number of hydrogen-bond donors (Lipinski definition) is 2. The summed E-state index contributed by atoms with van der Waals surface area (Å²) in [6.07, 6.45) is 2.81. The van der Waals surface area contributed by atoms with E-state index in [2.05, 4.69) is 0 Å². The molecular formula is C10H12ClNO. The predicted octanol–water partition coefficient (Wildman–Crippen LogP) is 1.86. The van der Waals surface area contributed by atoms with Crippen molar-refractivity contribution >= 4 is 11.6 Å². The molecule has 1 atom stereocenters. The lowest BCUT2D eigenvalue weighted by molar-refractivity contribution is 0.472. The average molecular weight is 198 g/mol. The normalized spacial score (nSPS) is 21.2. The largest absolute Gasteiger partial charge is 0.506 e. The molecule has 0 bridgehead atoms. The fraction of sp³-hybridized carbons (Fsp3) is 0.400. The summed E-state index contributed by atoms with van der Waals surface area (Å²) in [6, 6.07) is 3.82. The van der Waals surface area contributed by atoms with E-state index in [0.29, 0.717) is 5.02 Å². The Morgan fingerprint density at radius 2 is 2.15 bits per heavy atom. The van der Waals surface area contributed by atoms with Crippen molar-refractivity contribution in [3.63, 3.8) is 0 Å². The van der Waals surface area contributed by atoms with Crippen LogP contribution < -0.4 is 5.73 Å². The van der Waals surface area contributed by atoms with E-state index in [0.717, 1.165) is 19.3 Å². The fourth-order valence-corrected chi connectivity index (χ4v) is 1.98. The Labute approximate surface area is 82.3 Å². The number of phenols is 1. The minimum atomic E-state index is 0.177. The maximum atomic E-state index is 9.38. The molecule has 2 rings (SSSR count). The SMILES string of the molecule is N[C@H]1CCc2cc(O)c(Cl)cc2C1. The number of nitrogens with two attached hydrogens (primary N) is 1. The zero-order valence-corrected chi connectivity index (χ0v) is 8.01. The Morgan fingerprint density at radius 1 is 1.38 bits per heavy atom. The molecule has 1 aliphatic rings. The molecule has 0 radical (unpaired) electrons. The minimum Gasteiger partial charge on any atom is -0.506 e. The van der Waals surface area contributed by atoms with E-state index in [-0.39, 0.29) is 11.8 Å². The number of aromatic hydroxyl groups is 1. The molecule has 0 unspecified atom stereocenters. The summed E-state index contributed by atoms with van der Waals surface area (Å²) < 4.78 is 0. The van der Waals surface area contributed by atoms with Crippen molar-refractivity contribution < 1.29 is 5.11 Å². The highest BCUT2D eigenvalue weighted by Gasteiger charge is 2.16. The minimum absolute atomic E-state index is 0.177. The van der Waals surface area contributed by atoms with Gasteiger partial charge in [-0.05, 0) is 42.5 Å². The van der Waals surface area contributed by atoms with Gasteiger partial charge in [-0.2, -0.15) is 0 Å². The quantitative estimate of drug-likeness (QED) is 0.667. The highest BCUT2D eigenvalue weighted by molar-refractivity contribution is 6.32. The first-order chi connectivity index (χ1) is 6.16. The van der Waals surface area contributed by atoms with Crippen molar-refractivity contribution in [3.05, 3.63) is 28.3 Å². The van der Waals surface area contributed by atoms with E-state index in [1.165, 1.54) is 11.1 Å². The fourth-order valence-electron chi connectivity index (χ4n) is 1.79. The number of fused-ring (bicyclic) bond motifs is 1. The summed E-state index contributed by atoms with van der Waals surface area (Å²) in [5.41, 5.74) is 8.20. The molecule has 1 aliphatic carbocycles. The van der Waals surface area contributed by atoms with E-state index in [1.54, 1.807) is 6.07 Å². The van der Waals surface area contributed by atoms with Gasteiger partial charge in [0.1, 0.15) is 5.75 Å². The standard InChI is InChI=1S/C10H12ClNO/c11-9-4-7-3-8(12)2-1-6(7)5-10(9)13/h4-5,8,13H,1-3,12H2/t8-/m0/s1. The van der Waals surface area contributed by atoms with E-state index in [9.17, 15) is 5.11 Å². The first-order valence-electron chi connectivity index (χ1n) is 4.42. The Hall–Kier alpha value is -0.730. The summed E-state index contributed by atoms with van der Waals surface area (Å²) in [7, 11) is 0. The smallest absolute Gasteiger partial charge is 0.134 e. The Morgan fingerprint density at radius 3 is 2.92 bits per heavy atom. The predicted molar refractivity (Wildman–Crippen MR) is 53.1 cm³/mol. The van der Waals surface area contributed by atoms with Crippen molar-refractivity contribution in [2.45, 2.75) is 25.3 Å². The molecule has 0 spiro atoms. The number of phenolic OH excluding ortho intramolecular Hbond substituents is 1. The van der Waals surface area contributed by atoms with Gasteiger partial charge >= 0.3 is 0 Å². The molecule has 70 valence electrons. The monoisotopic (exact) mass is 197 g/mol. The summed E-state index contributed by atoms with van der Waals surface area (Å²) in [5.74, 6) is 0.177. The molecule has 3 heteroatoms. The van der Waals surface area contributed by atoms with Crippen LogP contribution in [0.1, 0.15) is 17.5 Å². The van der Waals surface area contributed by atoms with E-state index >= 15 is 0 Å². The second kappa shape index (κ2) is 3.20. The molecule has 13 heavy (non-hydrogen) atoms. The van der Waals surface area contributed by atoms with Gasteiger partial charge in [-0.3, -0.25) is 0 Å². The molecule has 0 heterocycles. The van der Waals surface area contributed by atoms with Gasteiger partial charge in [-0.25, -0.2) is 0 Å². The second-order valence-corrected chi connectivity index (χ2v) is 3.98. The van der Waals surface area contributed by atoms with Crippen molar-refractivity contribution in [2.24, 2.45) is 5.73 Å². The molecule has 0 saturated heterocycles. The molecular weight excluding hydrogens is 186 g/mol. The molecule has 1 aromatic carbocycles. The first kappa shape index (κ1) is 8.85. The van der Waals surface area contributed by atoms with Gasteiger partial charge in [0.05, 0.1) is 5.02 Å². The first-order valence-corrected chi connectivity index (χ1v) is 4.80. The van der Waals surface area contributed by atoms with Crippen LogP contribution in [0.2, 0.25) is 5.02 Å². The Balaban J connectivity index is 2.43. The third kappa shape index (κ3) is 1.64. The molecule has 0 aromatic heterocycles. The zero-order chi connectivity index (χ0) is 9.42. The lowest BCUT2D eigenvalue weighted by Crippen LogP contribution is -2.27. The van der Waals surface area contributed by atoms with Gasteiger partial charge in [0.15, 0.2) is 0 Å². The molecule has 0 saturated carbocycles. The van der Waals surface area contributed by atoms with Crippen molar-refractivity contribution in [1.82, 2.24) is 0 Å². The lowest BCUT2D eigenvalue weighted by atomic mass is 9.89. The lowest BCUT2D eigenvalue weighted by Gasteiger charge is -2.21. The highest BCUT2D eigenvalue weighted by Crippen LogP contribution is 2.30. The maximum absolute atomic E-state index is 9.38. The number of benzene rings is 1. The molecule has 2 nitrogen and oxygen atoms in total. The van der Waals surface area contributed by atoms with Crippen LogP contribution in [0.4, 0.5) is 0 Å². The summed E-state index contributed by atoms with van der Waals surface area (Å²) >= 11 is 5.80. The molecule has 0 aliphatic heterocycles. The van der Waals surface area contributed by atoms with Crippen LogP contribution in [0.3, 0.4) is 0 Å². The van der Waals surface area contributed by atoms with Crippen LogP contribution in [0.25, 0.3) is 0 Å². The number of aryl methyl sites for hydroxylation is 1. The van der Waals surface area contributed by atoms with E-state index in [1.807, 2.05) is 6.07 Å². The summed E-state index contributed by atoms with van der Waals surface area (Å²) in [6.45, 7) is 0. The third-order valence-electron chi connectivity index (χ3n) is 2.54. The molecule has 1 aromatic rings. The highest BCUT2D eigenvalue weighted by atomic mass is 35.5. The van der Waals surface area contributed by atoms with Gasteiger partial charge in [-0.15, -0.1) is 0 Å². The topological polar surface area (TPSA) is 46.2 Å². The molecule has 0 fully saturated rings. The van der Waals surface area contributed by atoms with E-state index in [4.69, 9.17) is 17.3 Å². The summed E-state index contributed by atoms with van der Waals surface area (Å²) in [4.78, 5) is 0. The van der Waals surface area contributed by atoms with Crippen molar-refractivity contribution in [3.8, 4) is 5.75 Å². The van der Waals surface area contributed by atoms with Crippen LogP contribution in [-0.2, 0) is 12.8 Å². The van der Waals surface area contributed by atoms with Crippen molar-refractivity contribution in [1.29, 1.82) is 0 Å². The summed E-state index contributed by atoms with van der Waals surface area (Å²) in [5, 5.41) is 9.80.